The molecular formula is C25H40N4O3. The molecule has 178 valence electrons. The molecule has 0 bridgehead atoms. The van der Waals surface area contributed by atoms with E-state index in [-0.39, 0.29) is 18.6 Å². The van der Waals surface area contributed by atoms with E-state index in [0.717, 1.165) is 71.3 Å². The Morgan fingerprint density at radius 1 is 1.19 bits per heavy atom. The molecule has 2 saturated heterocycles. The van der Waals surface area contributed by atoms with Crippen molar-refractivity contribution in [1.29, 1.82) is 0 Å². The Hall–Kier alpha value is -2.12. The number of nitrogens with zero attached hydrogens (tertiary/aromatic N) is 2. The summed E-state index contributed by atoms with van der Waals surface area (Å²) < 4.78 is 11.3. The highest BCUT2D eigenvalue weighted by molar-refractivity contribution is 5.85. The van der Waals surface area contributed by atoms with Crippen LogP contribution >= 0.6 is 0 Å². The van der Waals surface area contributed by atoms with Crippen LogP contribution in [0.2, 0.25) is 0 Å². The number of likely N-dealkylation sites (tertiary alicyclic amines) is 1. The van der Waals surface area contributed by atoms with Gasteiger partial charge in [0.1, 0.15) is 6.54 Å². The van der Waals surface area contributed by atoms with E-state index in [1.54, 1.807) is 0 Å². The predicted octanol–water partition coefficient (Wildman–Crippen LogP) is 2.61. The van der Waals surface area contributed by atoms with Crippen LogP contribution in [0.1, 0.15) is 44.6 Å². The summed E-state index contributed by atoms with van der Waals surface area (Å²) in [7, 11) is 0. The van der Waals surface area contributed by atoms with Crippen molar-refractivity contribution < 1.29 is 14.3 Å². The standard InChI is InChI=1S/C25H40N4O3/c1-2-26-25(27-13-7-16-31-20-23-10-6-17-32-23)28-19-24(30)29-14-11-22(12-15-29)18-21-8-4-3-5-9-21/h3-5,8-9,22-23H,2,6-7,10-20H2,1H3,(H2,26,27,28). The molecule has 0 saturated carbocycles. The molecule has 1 atom stereocenters. The highest BCUT2D eigenvalue weighted by Gasteiger charge is 2.22. The molecule has 7 nitrogen and oxygen atoms in total. The second-order valence-electron chi connectivity index (χ2n) is 8.70. The molecule has 0 radical (unpaired) electrons. The van der Waals surface area contributed by atoms with E-state index in [0.29, 0.717) is 25.1 Å². The summed E-state index contributed by atoms with van der Waals surface area (Å²) >= 11 is 0. The number of hydrogen-bond donors (Lipinski definition) is 2. The highest BCUT2D eigenvalue weighted by atomic mass is 16.5. The molecule has 3 rings (SSSR count). The van der Waals surface area contributed by atoms with E-state index in [4.69, 9.17) is 9.47 Å². The lowest BCUT2D eigenvalue weighted by Crippen LogP contribution is -2.42. The Morgan fingerprint density at radius 3 is 2.72 bits per heavy atom. The molecule has 0 spiro atoms. The average molecular weight is 445 g/mol. The molecular weight excluding hydrogens is 404 g/mol. The van der Waals surface area contributed by atoms with Crippen molar-refractivity contribution in [2.24, 2.45) is 10.9 Å². The van der Waals surface area contributed by atoms with E-state index in [2.05, 4.69) is 46.0 Å². The van der Waals surface area contributed by atoms with Gasteiger partial charge in [0.15, 0.2) is 5.96 Å². The Balaban J connectivity index is 1.31. The van der Waals surface area contributed by atoms with Gasteiger partial charge in [0.2, 0.25) is 5.91 Å². The smallest absolute Gasteiger partial charge is 0.244 e. The summed E-state index contributed by atoms with van der Waals surface area (Å²) in [6, 6.07) is 10.6. The second kappa shape index (κ2) is 14.1. The van der Waals surface area contributed by atoms with Crippen molar-refractivity contribution in [1.82, 2.24) is 15.5 Å². The maximum Gasteiger partial charge on any atom is 0.244 e. The number of benzene rings is 1. The van der Waals surface area contributed by atoms with Crippen LogP contribution in [0.15, 0.2) is 35.3 Å². The number of rotatable bonds is 11. The first-order valence-corrected chi connectivity index (χ1v) is 12.3. The van der Waals surface area contributed by atoms with E-state index < -0.39 is 0 Å². The van der Waals surface area contributed by atoms with Gasteiger partial charge in [-0.15, -0.1) is 0 Å². The third-order valence-corrected chi connectivity index (χ3v) is 6.14. The summed E-state index contributed by atoms with van der Waals surface area (Å²) in [6.45, 7) is 7.65. The van der Waals surface area contributed by atoms with Gasteiger partial charge in [-0.25, -0.2) is 4.99 Å². The summed E-state index contributed by atoms with van der Waals surface area (Å²) in [4.78, 5) is 19.1. The average Bonchev–Trinajstić information content (AvgIpc) is 3.34. The molecule has 2 N–H and O–H groups in total. The number of piperidine rings is 1. The zero-order valence-corrected chi connectivity index (χ0v) is 19.6. The number of carbonyl (C=O) groups is 1. The molecule has 2 heterocycles. The lowest BCUT2D eigenvalue weighted by Gasteiger charge is -2.32. The van der Waals surface area contributed by atoms with Crippen LogP contribution in [0.4, 0.5) is 0 Å². The third-order valence-electron chi connectivity index (χ3n) is 6.14. The van der Waals surface area contributed by atoms with Gasteiger partial charge in [0.05, 0.1) is 12.7 Å². The third kappa shape index (κ3) is 8.79. The van der Waals surface area contributed by atoms with Crippen LogP contribution in [0.3, 0.4) is 0 Å². The Labute approximate surface area is 192 Å². The fourth-order valence-corrected chi connectivity index (χ4v) is 4.29. The largest absolute Gasteiger partial charge is 0.379 e. The Bertz CT molecular complexity index is 684. The van der Waals surface area contributed by atoms with Crippen LogP contribution in [0.5, 0.6) is 0 Å². The van der Waals surface area contributed by atoms with Crippen LogP contribution in [-0.4, -0.2) is 75.4 Å². The molecule has 0 aromatic heterocycles. The molecule has 32 heavy (non-hydrogen) atoms. The first-order chi connectivity index (χ1) is 15.7. The number of hydrogen-bond acceptors (Lipinski definition) is 4. The van der Waals surface area contributed by atoms with E-state index >= 15 is 0 Å². The summed E-state index contributed by atoms with van der Waals surface area (Å²) in [6.07, 6.45) is 6.64. The molecule has 1 aromatic carbocycles. The van der Waals surface area contributed by atoms with Gasteiger partial charge < -0.3 is 25.0 Å². The van der Waals surface area contributed by atoms with E-state index in [1.807, 2.05) is 11.8 Å². The van der Waals surface area contributed by atoms with Crippen LogP contribution in [0.25, 0.3) is 0 Å². The van der Waals surface area contributed by atoms with Crippen LogP contribution in [0, 0.1) is 5.92 Å². The number of aliphatic imine (C=N–C) groups is 1. The van der Waals surface area contributed by atoms with E-state index in [9.17, 15) is 4.79 Å². The lowest BCUT2D eigenvalue weighted by atomic mass is 9.90. The summed E-state index contributed by atoms with van der Waals surface area (Å²) in [5.74, 6) is 1.46. The van der Waals surface area contributed by atoms with Crippen molar-refractivity contribution in [3.63, 3.8) is 0 Å². The number of guanidine groups is 1. The zero-order valence-electron chi connectivity index (χ0n) is 19.6. The van der Waals surface area contributed by atoms with Gasteiger partial charge in [-0.1, -0.05) is 30.3 Å². The molecule has 2 aliphatic heterocycles. The minimum absolute atomic E-state index is 0.111. The van der Waals surface area contributed by atoms with Gasteiger partial charge in [-0.3, -0.25) is 4.79 Å². The van der Waals surface area contributed by atoms with E-state index in [1.165, 1.54) is 5.56 Å². The SMILES string of the molecule is CCNC(=NCC(=O)N1CCC(Cc2ccccc2)CC1)NCCCOCC1CCCO1. The van der Waals surface area contributed by atoms with Crippen molar-refractivity contribution in [3.05, 3.63) is 35.9 Å². The fourth-order valence-electron chi connectivity index (χ4n) is 4.29. The van der Waals surface area contributed by atoms with Gasteiger partial charge >= 0.3 is 0 Å². The zero-order chi connectivity index (χ0) is 22.4. The molecule has 1 unspecified atom stereocenters. The molecule has 2 fully saturated rings. The van der Waals surface area contributed by atoms with Crippen LogP contribution in [-0.2, 0) is 20.7 Å². The monoisotopic (exact) mass is 444 g/mol. The summed E-state index contributed by atoms with van der Waals surface area (Å²) in [5.41, 5.74) is 1.39. The first kappa shape index (κ1) is 24.5. The topological polar surface area (TPSA) is 75.2 Å². The van der Waals surface area contributed by atoms with Gasteiger partial charge in [-0.05, 0) is 56.9 Å². The van der Waals surface area contributed by atoms with Crippen molar-refractivity contribution >= 4 is 11.9 Å². The normalized spacial score (nSPS) is 19.8. The molecule has 0 aliphatic carbocycles. The maximum absolute atomic E-state index is 12.6. The number of amides is 1. The maximum atomic E-state index is 12.6. The van der Waals surface area contributed by atoms with Gasteiger partial charge in [-0.2, -0.15) is 0 Å². The van der Waals surface area contributed by atoms with Gasteiger partial charge in [0.25, 0.3) is 0 Å². The van der Waals surface area contributed by atoms with Crippen molar-refractivity contribution in [2.75, 3.05) is 52.5 Å². The Morgan fingerprint density at radius 2 is 2.00 bits per heavy atom. The Kier molecular flexibility index (Phi) is 10.8. The molecule has 7 heteroatoms. The predicted molar refractivity (Wildman–Crippen MR) is 128 cm³/mol. The summed E-state index contributed by atoms with van der Waals surface area (Å²) in [5, 5.41) is 6.52. The highest BCUT2D eigenvalue weighted by Crippen LogP contribution is 2.21. The minimum Gasteiger partial charge on any atom is -0.379 e. The van der Waals surface area contributed by atoms with Crippen LogP contribution < -0.4 is 10.6 Å². The minimum atomic E-state index is 0.111. The number of ether oxygens (including phenoxy) is 2. The lowest BCUT2D eigenvalue weighted by molar-refractivity contribution is -0.130. The van der Waals surface area contributed by atoms with Crippen molar-refractivity contribution in [3.8, 4) is 0 Å². The molecule has 2 aliphatic rings. The number of nitrogens with one attached hydrogen (secondary N) is 2. The van der Waals surface area contributed by atoms with Crippen molar-refractivity contribution in [2.45, 2.75) is 51.6 Å². The quantitative estimate of drug-likeness (QED) is 0.312. The first-order valence-electron chi connectivity index (χ1n) is 12.3. The van der Waals surface area contributed by atoms with Gasteiger partial charge in [0, 0.05) is 39.4 Å². The second-order valence-corrected chi connectivity index (χ2v) is 8.70. The fraction of sp³-hybridized carbons (Fsp3) is 0.680. The number of carbonyl (C=O) groups excluding carboxylic acids is 1. The molecule has 1 aromatic rings. The molecule has 1 amide bonds.